The first-order chi connectivity index (χ1) is 8.24. The molecule has 0 spiro atoms. The maximum absolute atomic E-state index is 12.0. The lowest BCUT2D eigenvalue weighted by molar-refractivity contribution is -0.000450. The van der Waals surface area contributed by atoms with E-state index in [1.54, 1.807) is 6.07 Å². The van der Waals surface area contributed by atoms with Crippen LogP contribution in [-0.2, 0) is 10.0 Å². The van der Waals surface area contributed by atoms with E-state index in [1.807, 2.05) is 4.72 Å². The average molecular weight is 345 g/mol. The van der Waals surface area contributed by atoms with Crippen molar-refractivity contribution in [3.05, 3.63) is 22.7 Å². The summed E-state index contributed by atoms with van der Waals surface area (Å²) in [5.74, 6) is 0. The van der Waals surface area contributed by atoms with Crippen molar-refractivity contribution in [2.75, 3.05) is 12.3 Å². The van der Waals surface area contributed by atoms with Gasteiger partial charge in [0, 0.05) is 11.0 Å². The fourth-order valence-electron chi connectivity index (χ4n) is 1.10. The van der Waals surface area contributed by atoms with Crippen molar-refractivity contribution >= 4 is 31.6 Å². The van der Waals surface area contributed by atoms with Gasteiger partial charge < -0.3 is 10.8 Å². The average Bonchev–Trinajstić information content (AvgIpc) is 2.29. The number of alkyl halides is 2. The number of rotatable bonds is 5. The zero-order valence-electron chi connectivity index (χ0n) is 8.98. The van der Waals surface area contributed by atoms with Gasteiger partial charge in [-0.15, -0.1) is 0 Å². The molecule has 0 radical (unpaired) electrons. The lowest BCUT2D eigenvalue weighted by Crippen LogP contribution is -2.36. The van der Waals surface area contributed by atoms with Crippen LogP contribution >= 0.6 is 15.9 Å². The predicted octanol–water partition coefficient (Wildman–Crippen LogP) is 0.936. The lowest BCUT2D eigenvalue weighted by atomic mass is 10.3. The Hall–Kier alpha value is -0.770. The maximum Gasteiger partial charge on any atom is 0.265 e. The van der Waals surface area contributed by atoms with Gasteiger partial charge in [-0.3, -0.25) is 0 Å². The van der Waals surface area contributed by atoms with E-state index in [-0.39, 0.29) is 10.6 Å². The summed E-state index contributed by atoms with van der Waals surface area (Å²) in [6.45, 7) is -0.786. The summed E-state index contributed by atoms with van der Waals surface area (Å²) < 4.78 is 49.9. The minimum Gasteiger partial charge on any atom is -0.398 e. The number of halogens is 3. The van der Waals surface area contributed by atoms with Crippen LogP contribution in [0.5, 0.6) is 0 Å². The molecule has 0 bridgehead atoms. The van der Waals surface area contributed by atoms with Crippen molar-refractivity contribution in [1.82, 2.24) is 4.72 Å². The highest BCUT2D eigenvalue weighted by Crippen LogP contribution is 2.22. The van der Waals surface area contributed by atoms with Crippen LogP contribution in [0.2, 0.25) is 0 Å². The fraction of sp³-hybridized carbons (Fsp3) is 0.333. The highest BCUT2D eigenvalue weighted by atomic mass is 79.9. The van der Waals surface area contributed by atoms with Crippen molar-refractivity contribution in [3.63, 3.8) is 0 Å². The smallest absolute Gasteiger partial charge is 0.265 e. The second kappa shape index (κ2) is 5.91. The lowest BCUT2D eigenvalue weighted by Gasteiger charge is -2.12. The van der Waals surface area contributed by atoms with Gasteiger partial charge in [-0.1, -0.05) is 15.9 Å². The normalized spacial score (nSPS) is 13.8. The van der Waals surface area contributed by atoms with E-state index in [1.165, 1.54) is 12.1 Å². The molecule has 0 aromatic heterocycles. The Balaban J connectivity index is 2.90. The van der Waals surface area contributed by atoms with Crippen molar-refractivity contribution in [2.45, 2.75) is 17.4 Å². The van der Waals surface area contributed by atoms with Crippen molar-refractivity contribution in [3.8, 4) is 0 Å². The summed E-state index contributed by atoms with van der Waals surface area (Å²) in [5, 5.41) is 8.84. The van der Waals surface area contributed by atoms with Crippen LogP contribution in [0.25, 0.3) is 0 Å². The number of nitrogens with one attached hydrogen (secondary N) is 1. The van der Waals surface area contributed by atoms with Crippen molar-refractivity contribution < 1.29 is 22.3 Å². The maximum atomic E-state index is 12.0. The molecule has 1 atom stereocenters. The Labute approximate surface area is 111 Å². The Morgan fingerprint density at radius 1 is 1.44 bits per heavy atom. The molecule has 0 saturated heterocycles. The number of aliphatic hydroxyl groups is 1. The molecule has 0 fully saturated rings. The predicted molar refractivity (Wildman–Crippen MR) is 65.8 cm³/mol. The molecular formula is C9H11BrF2N2O3S. The first-order valence-corrected chi connectivity index (χ1v) is 7.02. The minimum absolute atomic E-state index is 0.0164. The fourth-order valence-corrected chi connectivity index (χ4v) is 2.82. The molecule has 1 aromatic rings. The number of sulfonamides is 1. The monoisotopic (exact) mass is 344 g/mol. The van der Waals surface area contributed by atoms with Gasteiger partial charge in [0.1, 0.15) is 11.0 Å². The van der Waals surface area contributed by atoms with Gasteiger partial charge >= 0.3 is 0 Å². The molecule has 9 heteroatoms. The van der Waals surface area contributed by atoms with Crippen LogP contribution in [-0.4, -0.2) is 32.6 Å². The molecule has 0 aliphatic heterocycles. The number of anilines is 1. The highest BCUT2D eigenvalue weighted by molar-refractivity contribution is 9.10. The standard InChI is InChI=1S/C9H11BrF2N2O3S/c10-5-1-2-6(13)8(3-5)18(16,17)14-4-7(15)9(11)12/h1-3,7,9,14-15H,4,13H2. The van der Waals surface area contributed by atoms with Gasteiger partial charge in [0.25, 0.3) is 6.43 Å². The Morgan fingerprint density at radius 2 is 2.06 bits per heavy atom. The Morgan fingerprint density at radius 3 is 2.61 bits per heavy atom. The molecule has 1 aromatic carbocycles. The second-order valence-corrected chi connectivity index (χ2v) is 6.09. The second-order valence-electron chi connectivity index (χ2n) is 3.44. The van der Waals surface area contributed by atoms with Gasteiger partial charge in [0.05, 0.1) is 5.69 Å². The molecule has 0 aliphatic rings. The quantitative estimate of drug-likeness (QED) is 0.693. The minimum atomic E-state index is -4.04. The van der Waals surface area contributed by atoms with E-state index in [4.69, 9.17) is 10.8 Å². The molecule has 102 valence electrons. The molecule has 0 heterocycles. The Kier molecular flexibility index (Phi) is 5.02. The number of hydrogen-bond acceptors (Lipinski definition) is 4. The summed E-state index contributed by atoms with van der Waals surface area (Å²) in [6.07, 6.45) is -5.08. The van der Waals surface area contributed by atoms with Crippen LogP contribution in [0.3, 0.4) is 0 Å². The van der Waals surface area contributed by atoms with Crippen molar-refractivity contribution in [1.29, 1.82) is 0 Å². The first-order valence-electron chi connectivity index (χ1n) is 4.75. The van der Waals surface area contributed by atoms with Gasteiger partial charge in [0.15, 0.2) is 0 Å². The summed E-state index contributed by atoms with van der Waals surface area (Å²) in [7, 11) is -4.04. The van der Waals surface area contributed by atoms with Gasteiger partial charge in [-0.2, -0.15) is 0 Å². The number of hydrogen-bond donors (Lipinski definition) is 3. The summed E-state index contributed by atoms with van der Waals surface area (Å²) in [6, 6.07) is 4.15. The van der Waals surface area contributed by atoms with Crippen LogP contribution in [0.15, 0.2) is 27.6 Å². The van der Waals surface area contributed by atoms with Gasteiger partial charge in [0.2, 0.25) is 10.0 Å². The van der Waals surface area contributed by atoms with E-state index in [2.05, 4.69) is 15.9 Å². The first kappa shape index (κ1) is 15.3. The zero-order chi connectivity index (χ0) is 13.9. The number of nitrogen functional groups attached to an aromatic ring is 1. The highest BCUT2D eigenvalue weighted by Gasteiger charge is 2.22. The van der Waals surface area contributed by atoms with Crippen LogP contribution in [0, 0.1) is 0 Å². The molecular weight excluding hydrogens is 334 g/mol. The van der Waals surface area contributed by atoms with Gasteiger partial charge in [-0.05, 0) is 18.2 Å². The molecule has 0 amide bonds. The third-order valence-corrected chi connectivity index (χ3v) is 4.01. The number of benzene rings is 1. The van der Waals surface area contributed by atoms with E-state index in [0.29, 0.717) is 4.47 Å². The SMILES string of the molecule is Nc1ccc(Br)cc1S(=O)(=O)NCC(O)C(F)F. The van der Waals surface area contributed by atoms with Crippen LogP contribution in [0.1, 0.15) is 0 Å². The topological polar surface area (TPSA) is 92.4 Å². The van der Waals surface area contributed by atoms with E-state index < -0.39 is 29.1 Å². The number of aliphatic hydroxyl groups excluding tert-OH is 1. The summed E-state index contributed by atoms with van der Waals surface area (Å²) in [4.78, 5) is -0.238. The summed E-state index contributed by atoms with van der Waals surface area (Å²) >= 11 is 3.07. The zero-order valence-corrected chi connectivity index (χ0v) is 11.4. The molecule has 0 saturated carbocycles. The van der Waals surface area contributed by atoms with Crippen molar-refractivity contribution in [2.24, 2.45) is 0 Å². The Bertz CT molecular complexity index is 525. The van der Waals surface area contributed by atoms with E-state index in [0.717, 1.165) is 0 Å². The molecule has 1 rings (SSSR count). The van der Waals surface area contributed by atoms with Crippen LogP contribution < -0.4 is 10.5 Å². The van der Waals surface area contributed by atoms with E-state index >= 15 is 0 Å². The molecule has 0 aliphatic carbocycles. The van der Waals surface area contributed by atoms with Gasteiger partial charge in [-0.25, -0.2) is 21.9 Å². The van der Waals surface area contributed by atoms with E-state index in [9.17, 15) is 17.2 Å². The number of nitrogens with two attached hydrogens (primary N) is 1. The molecule has 4 N–H and O–H groups in total. The third-order valence-electron chi connectivity index (χ3n) is 2.04. The largest absolute Gasteiger partial charge is 0.398 e. The third kappa shape index (κ3) is 3.87. The van der Waals surface area contributed by atoms with Crippen LogP contribution in [0.4, 0.5) is 14.5 Å². The summed E-state index contributed by atoms with van der Waals surface area (Å²) in [5.41, 5.74) is 5.47. The molecule has 1 unspecified atom stereocenters. The molecule has 18 heavy (non-hydrogen) atoms. The molecule has 5 nitrogen and oxygen atoms in total.